The maximum atomic E-state index is 4.70. The van der Waals surface area contributed by atoms with Gasteiger partial charge in [0, 0.05) is 28.2 Å². The molecule has 0 unspecified atom stereocenters. The SMILES string of the molecule is Br.c1ccc(-c2cn3nc(-c4c[nH]c5ccccc45)sc3n2)cc1. The third-order valence-corrected chi connectivity index (χ3v) is 4.89. The lowest BCUT2D eigenvalue weighted by Crippen LogP contribution is -1.81. The Morgan fingerprint density at radius 3 is 2.58 bits per heavy atom. The van der Waals surface area contributed by atoms with Crippen LogP contribution >= 0.6 is 28.3 Å². The first-order chi connectivity index (χ1) is 11.4. The molecule has 3 heterocycles. The summed E-state index contributed by atoms with van der Waals surface area (Å²) in [5.74, 6) is 0. The molecule has 0 saturated carbocycles. The van der Waals surface area contributed by atoms with E-state index in [0.717, 1.165) is 32.3 Å². The van der Waals surface area contributed by atoms with Crippen LogP contribution in [-0.4, -0.2) is 19.6 Å². The Hall–Kier alpha value is -2.44. The maximum absolute atomic E-state index is 4.70. The standard InChI is InChI=1S/C18H12N4S.BrH/c1-2-6-12(7-3-1)16-11-22-18(20-16)23-17(21-22)14-10-19-15-9-5-4-8-13(14)15;/h1-11,19H;1H. The van der Waals surface area contributed by atoms with Crippen LogP contribution in [0.4, 0.5) is 0 Å². The molecule has 1 N–H and O–H groups in total. The molecule has 4 nitrogen and oxygen atoms in total. The lowest BCUT2D eigenvalue weighted by Gasteiger charge is -1.94. The van der Waals surface area contributed by atoms with E-state index < -0.39 is 0 Å². The number of nitrogens with one attached hydrogen (secondary N) is 1. The maximum Gasteiger partial charge on any atom is 0.213 e. The number of hydrogen-bond donors (Lipinski definition) is 1. The molecule has 0 amide bonds. The summed E-state index contributed by atoms with van der Waals surface area (Å²) in [7, 11) is 0. The fourth-order valence-corrected chi connectivity index (χ4v) is 3.72. The molecule has 0 spiro atoms. The van der Waals surface area contributed by atoms with E-state index in [2.05, 4.69) is 29.2 Å². The summed E-state index contributed by atoms with van der Waals surface area (Å²) in [6.45, 7) is 0. The number of imidazole rings is 1. The fourth-order valence-electron chi connectivity index (χ4n) is 2.81. The normalized spacial score (nSPS) is 11.0. The molecule has 5 aromatic rings. The number of H-pyrrole nitrogens is 1. The lowest BCUT2D eigenvalue weighted by molar-refractivity contribution is 0.979. The minimum Gasteiger partial charge on any atom is -0.360 e. The molecule has 0 bridgehead atoms. The molecule has 0 atom stereocenters. The number of para-hydroxylation sites is 1. The van der Waals surface area contributed by atoms with Gasteiger partial charge in [0.1, 0.15) is 5.01 Å². The van der Waals surface area contributed by atoms with Crippen molar-refractivity contribution in [3.05, 3.63) is 67.0 Å². The first-order valence-corrected chi connectivity index (χ1v) is 8.18. The number of hydrogen-bond acceptors (Lipinski definition) is 3. The Bertz CT molecular complexity index is 1090. The second-order valence-corrected chi connectivity index (χ2v) is 6.33. The van der Waals surface area contributed by atoms with Gasteiger partial charge in [-0.05, 0) is 6.07 Å². The van der Waals surface area contributed by atoms with Crippen molar-refractivity contribution in [2.75, 3.05) is 0 Å². The van der Waals surface area contributed by atoms with Crippen molar-refractivity contribution in [2.24, 2.45) is 0 Å². The predicted molar refractivity (Wildman–Crippen MR) is 104 cm³/mol. The van der Waals surface area contributed by atoms with Crippen molar-refractivity contribution in [1.82, 2.24) is 19.6 Å². The number of aromatic amines is 1. The predicted octanol–water partition coefficient (Wildman–Crippen LogP) is 5.18. The van der Waals surface area contributed by atoms with Crippen molar-refractivity contribution in [3.63, 3.8) is 0 Å². The largest absolute Gasteiger partial charge is 0.360 e. The second kappa shape index (κ2) is 5.89. The molecule has 0 radical (unpaired) electrons. The van der Waals surface area contributed by atoms with Crippen LogP contribution in [0.5, 0.6) is 0 Å². The first kappa shape index (κ1) is 15.1. The van der Waals surface area contributed by atoms with Crippen LogP contribution in [0.25, 0.3) is 37.7 Å². The van der Waals surface area contributed by atoms with Gasteiger partial charge in [-0.15, -0.1) is 17.0 Å². The molecule has 0 fully saturated rings. The van der Waals surface area contributed by atoms with Crippen molar-refractivity contribution in [1.29, 1.82) is 0 Å². The summed E-state index contributed by atoms with van der Waals surface area (Å²) in [6.07, 6.45) is 4.00. The summed E-state index contributed by atoms with van der Waals surface area (Å²) in [4.78, 5) is 8.91. The van der Waals surface area contributed by atoms with Crippen molar-refractivity contribution in [2.45, 2.75) is 0 Å². The minimum atomic E-state index is 0. The van der Waals surface area contributed by atoms with Crippen molar-refractivity contribution in [3.8, 4) is 21.8 Å². The smallest absolute Gasteiger partial charge is 0.213 e. The third-order valence-electron chi connectivity index (χ3n) is 3.93. The molecule has 24 heavy (non-hydrogen) atoms. The van der Waals surface area contributed by atoms with E-state index in [1.54, 1.807) is 11.3 Å². The van der Waals surface area contributed by atoms with Crippen molar-refractivity contribution < 1.29 is 0 Å². The summed E-state index contributed by atoms with van der Waals surface area (Å²) >= 11 is 1.61. The molecular formula is C18H13BrN4S. The van der Waals surface area contributed by atoms with E-state index >= 15 is 0 Å². The van der Waals surface area contributed by atoms with Crippen LogP contribution in [0.15, 0.2) is 67.0 Å². The van der Waals surface area contributed by atoms with Gasteiger partial charge in [0.15, 0.2) is 0 Å². The number of nitrogens with zero attached hydrogens (tertiary/aromatic N) is 3. The van der Waals surface area contributed by atoms with Crippen LogP contribution in [0, 0.1) is 0 Å². The molecule has 0 saturated heterocycles. The second-order valence-electron chi connectivity index (χ2n) is 5.37. The van der Waals surface area contributed by atoms with Crippen LogP contribution in [0.1, 0.15) is 0 Å². The number of fused-ring (bicyclic) bond motifs is 2. The Balaban J connectivity index is 0.00000146. The topological polar surface area (TPSA) is 46.0 Å². The highest BCUT2D eigenvalue weighted by Crippen LogP contribution is 2.32. The summed E-state index contributed by atoms with van der Waals surface area (Å²) in [5.41, 5.74) is 4.31. The van der Waals surface area contributed by atoms with Crippen LogP contribution in [-0.2, 0) is 0 Å². The van der Waals surface area contributed by atoms with Gasteiger partial charge >= 0.3 is 0 Å². The number of rotatable bonds is 2. The van der Waals surface area contributed by atoms with E-state index in [1.165, 1.54) is 5.39 Å². The minimum absolute atomic E-state index is 0. The fraction of sp³-hybridized carbons (Fsp3) is 0. The third kappa shape index (κ3) is 2.35. The molecule has 6 heteroatoms. The molecular weight excluding hydrogens is 384 g/mol. The quantitative estimate of drug-likeness (QED) is 0.446. The van der Waals surface area contributed by atoms with E-state index in [4.69, 9.17) is 10.1 Å². The zero-order chi connectivity index (χ0) is 15.2. The molecule has 0 aliphatic rings. The Kier molecular flexibility index (Phi) is 3.70. The van der Waals surface area contributed by atoms with Gasteiger partial charge < -0.3 is 4.98 Å². The van der Waals surface area contributed by atoms with Gasteiger partial charge in [-0.1, -0.05) is 59.9 Å². The Morgan fingerprint density at radius 2 is 1.75 bits per heavy atom. The molecule has 2 aromatic carbocycles. The average Bonchev–Trinajstić information content (AvgIpc) is 3.27. The molecule has 3 aromatic heterocycles. The van der Waals surface area contributed by atoms with Gasteiger partial charge in [0.2, 0.25) is 4.96 Å². The molecule has 5 rings (SSSR count). The number of aromatic nitrogens is 4. The molecule has 118 valence electrons. The van der Waals surface area contributed by atoms with Crippen LogP contribution in [0.3, 0.4) is 0 Å². The van der Waals surface area contributed by atoms with E-state index in [9.17, 15) is 0 Å². The van der Waals surface area contributed by atoms with Gasteiger partial charge in [-0.3, -0.25) is 0 Å². The van der Waals surface area contributed by atoms with Crippen LogP contribution < -0.4 is 0 Å². The zero-order valence-electron chi connectivity index (χ0n) is 12.5. The number of halogens is 1. The highest BCUT2D eigenvalue weighted by Gasteiger charge is 2.13. The Morgan fingerprint density at radius 1 is 0.958 bits per heavy atom. The van der Waals surface area contributed by atoms with Gasteiger partial charge in [-0.2, -0.15) is 5.10 Å². The molecule has 0 aliphatic carbocycles. The summed E-state index contributed by atoms with van der Waals surface area (Å²) in [5, 5.41) is 6.87. The first-order valence-electron chi connectivity index (χ1n) is 7.36. The van der Waals surface area contributed by atoms with E-state index in [-0.39, 0.29) is 17.0 Å². The van der Waals surface area contributed by atoms with Gasteiger partial charge in [0.25, 0.3) is 0 Å². The number of benzene rings is 2. The highest BCUT2D eigenvalue weighted by atomic mass is 79.9. The van der Waals surface area contributed by atoms with Crippen molar-refractivity contribution >= 4 is 44.2 Å². The summed E-state index contributed by atoms with van der Waals surface area (Å²) < 4.78 is 1.87. The highest BCUT2D eigenvalue weighted by molar-refractivity contribution is 8.93. The Labute approximate surface area is 152 Å². The monoisotopic (exact) mass is 396 g/mol. The van der Waals surface area contributed by atoms with Gasteiger partial charge in [0.05, 0.1) is 11.9 Å². The summed E-state index contributed by atoms with van der Waals surface area (Å²) in [6, 6.07) is 18.4. The van der Waals surface area contributed by atoms with E-state index in [1.807, 2.05) is 47.2 Å². The lowest BCUT2D eigenvalue weighted by atomic mass is 10.2. The van der Waals surface area contributed by atoms with Gasteiger partial charge in [-0.25, -0.2) is 9.50 Å². The zero-order valence-corrected chi connectivity index (χ0v) is 15.0. The average molecular weight is 397 g/mol. The molecule has 0 aliphatic heterocycles. The van der Waals surface area contributed by atoms with Crippen LogP contribution in [0.2, 0.25) is 0 Å². The van der Waals surface area contributed by atoms with E-state index in [0.29, 0.717) is 0 Å².